The van der Waals surface area contributed by atoms with E-state index in [1.165, 1.54) is 0 Å². The molecule has 2 unspecified atom stereocenters. The van der Waals surface area contributed by atoms with Crippen LogP contribution in [0.15, 0.2) is 30.3 Å². The quantitative estimate of drug-likeness (QED) is 0.731. The Morgan fingerprint density at radius 3 is 2.67 bits per heavy atom. The smallest absolute Gasteiger partial charge is 0.309 e. The summed E-state index contributed by atoms with van der Waals surface area (Å²) in [5.74, 6) is -0.364. The Bertz CT molecular complexity index is 446. The van der Waals surface area contributed by atoms with Crippen molar-refractivity contribution in [2.75, 3.05) is 0 Å². The second-order valence-corrected chi connectivity index (χ2v) is 4.64. The Balaban J connectivity index is 1.77. The molecule has 0 spiro atoms. The summed E-state index contributed by atoms with van der Waals surface area (Å²) in [6.45, 7) is 0. The molecule has 0 radical (unpaired) electrons. The Hall–Kier alpha value is -1.43. The predicted octanol–water partition coefficient (Wildman–Crippen LogP) is 0.164. The number of fused-ring (bicyclic) bond motifs is 1. The third kappa shape index (κ3) is 1.80. The molecule has 0 amide bonds. The van der Waals surface area contributed by atoms with Gasteiger partial charge >= 0.3 is 5.97 Å². The number of hydrogen-bond acceptors (Lipinski definition) is 5. The average Bonchev–Trinajstić information content (AvgIpc) is 2.88. The van der Waals surface area contributed by atoms with Crippen LogP contribution in [0.2, 0.25) is 0 Å². The van der Waals surface area contributed by atoms with E-state index >= 15 is 0 Å². The molecule has 2 fully saturated rings. The van der Waals surface area contributed by atoms with Crippen molar-refractivity contribution in [3.05, 3.63) is 35.9 Å². The lowest BCUT2D eigenvalue weighted by Gasteiger charge is -2.22. The molecule has 0 aliphatic carbocycles. The van der Waals surface area contributed by atoms with Crippen LogP contribution < -0.4 is 0 Å². The van der Waals surface area contributed by atoms with E-state index in [0.29, 0.717) is 5.56 Å². The van der Waals surface area contributed by atoms with E-state index in [-0.39, 0.29) is 12.4 Å². The Morgan fingerprint density at radius 1 is 1.28 bits per heavy atom. The standard InChI is InChI=1S/C13H14O5/c14-9-6-8-12(18-9)11(16)13(17-8)10(15)7-4-2-1-3-5-7/h1-5,8,10-13,15-16H,6H2/t8-,10-,11?,12+,13?/m0/s1. The molecular formula is C13H14O5. The first kappa shape index (κ1) is 11.6. The third-order valence-corrected chi connectivity index (χ3v) is 3.46. The first-order chi connectivity index (χ1) is 8.66. The van der Waals surface area contributed by atoms with Crippen molar-refractivity contribution in [3.8, 4) is 0 Å². The van der Waals surface area contributed by atoms with Crippen LogP contribution >= 0.6 is 0 Å². The van der Waals surface area contributed by atoms with Gasteiger partial charge in [0.1, 0.15) is 24.4 Å². The van der Waals surface area contributed by atoms with Crippen LogP contribution in [-0.4, -0.2) is 40.6 Å². The van der Waals surface area contributed by atoms with Crippen molar-refractivity contribution in [2.45, 2.75) is 36.9 Å². The maximum absolute atomic E-state index is 11.1. The average molecular weight is 250 g/mol. The molecule has 2 aliphatic heterocycles. The van der Waals surface area contributed by atoms with E-state index in [1.807, 2.05) is 6.07 Å². The summed E-state index contributed by atoms with van der Waals surface area (Å²) in [4.78, 5) is 11.1. The van der Waals surface area contributed by atoms with Gasteiger partial charge in [-0.25, -0.2) is 0 Å². The number of rotatable bonds is 2. The largest absolute Gasteiger partial charge is 0.457 e. The molecule has 2 saturated heterocycles. The second-order valence-electron chi connectivity index (χ2n) is 4.64. The molecular weight excluding hydrogens is 236 g/mol. The van der Waals surface area contributed by atoms with Gasteiger partial charge in [-0.1, -0.05) is 30.3 Å². The lowest BCUT2D eigenvalue weighted by Crippen LogP contribution is -2.35. The molecule has 96 valence electrons. The molecule has 2 heterocycles. The van der Waals surface area contributed by atoms with Gasteiger partial charge in [0.25, 0.3) is 0 Å². The summed E-state index contributed by atoms with van der Waals surface area (Å²) in [5, 5.41) is 20.2. The molecule has 3 rings (SSSR count). The van der Waals surface area contributed by atoms with E-state index in [4.69, 9.17) is 9.47 Å². The molecule has 0 aromatic heterocycles. The predicted molar refractivity (Wildman–Crippen MR) is 60.6 cm³/mol. The molecule has 5 atom stereocenters. The van der Waals surface area contributed by atoms with Crippen molar-refractivity contribution in [3.63, 3.8) is 0 Å². The highest BCUT2D eigenvalue weighted by Crippen LogP contribution is 2.36. The number of hydrogen-bond donors (Lipinski definition) is 2. The van der Waals surface area contributed by atoms with Crippen LogP contribution in [0.25, 0.3) is 0 Å². The maximum Gasteiger partial charge on any atom is 0.309 e. The monoisotopic (exact) mass is 250 g/mol. The van der Waals surface area contributed by atoms with Crippen molar-refractivity contribution < 1.29 is 24.5 Å². The van der Waals surface area contributed by atoms with Crippen molar-refractivity contribution in [1.82, 2.24) is 0 Å². The Kier molecular flexibility index (Phi) is 2.81. The van der Waals surface area contributed by atoms with Gasteiger partial charge in [0.05, 0.1) is 6.42 Å². The van der Waals surface area contributed by atoms with Gasteiger partial charge in [-0.2, -0.15) is 0 Å². The number of esters is 1. The highest BCUT2D eigenvalue weighted by molar-refractivity contribution is 5.73. The van der Waals surface area contributed by atoms with Crippen LogP contribution in [-0.2, 0) is 14.3 Å². The zero-order chi connectivity index (χ0) is 12.7. The van der Waals surface area contributed by atoms with Crippen LogP contribution in [0.5, 0.6) is 0 Å². The minimum atomic E-state index is -0.989. The number of carbonyl (C=O) groups is 1. The summed E-state index contributed by atoms with van der Waals surface area (Å²) >= 11 is 0. The summed E-state index contributed by atoms with van der Waals surface area (Å²) in [6, 6.07) is 8.99. The van der Waals surface area contributed by atoms with Crippen LogP contribution in [0.4, 0.5) is 0 Å². The normalized spacial score (nSPS) is 36.2. The summed E-state index contributed by atoms with van der Waals surface area (Å²) < 4.78 is 10.5. The number of ether oxygens (including phenoxy) is 2. The van der Waals surface area contributed by atoms with E-state index in [1.54, 1.807) is 24.3 Å². The maximum atomic E-state index is 11.1. The van der Waals surface area contributed by atoms with Gasteiger partial charge in [0.2, 0.25) is 0 Å². The highest BCUT2D eigenvalue weighted by Gasteiger charge is 2.53. The molecule has 5 heteroatoms. The summed E-state index contributed by atoms with van der Waals surface area (Å²) in [6.07, 6.45) is -3.63. The van der Waals surface area contributed by atoms with E-state index in [0.717, 1.165) is 0 Å². The van der Waals surface area contributed by atoms with Gasteiger partial charge in [-0.05, 0) is 5.56 Å². The van der Waals surface area contributed by atoms with Crippen LogP contribution in [0.3, 0.4) is 0 Å². The third-order valence-electron chi connectivity index (χ3n) is 3.46. The molecule has 0 saturated carbocycles. The number of carbonyl (C=O) groups excluding carboxylic acids is 1. The zero-order valence-electron chi connectivity index (χ0n) is 9.60. The SMILES string of the molecule is O=C1C[C@@H]2OC([C@@H](O)c3ccccc3)C(O)[C@@H]2O1. The Morgan fingerprint density at radius 2 is 2.00 bits per heavy atom. The lowest BCUT2D eigenvalue weighted by molar-refractivity contribution is -0.147. The van der Waals surface area contributed by atoms with E-state index < -0.39 is 30.5 Å². The molecule has 2 aliphatic rings. The number of aliphatic hydroxyl groups excluding tert-OH is 2. The fraction of sp³-hybridized carbons (Fsp3) is 0.462. The van der Waals surface area contributed by atoms with Crippen LogP contribution in [0, 0.1) is 0 Å². The lowest BCUT2D eigenvalue weighted by atomic mass is 9.99. The van der Waals surface area contributed by atoms with Gasteiger partial charge in [-0.3, -0.25) is 4.79 Å². The molecule has 5 nitrogen and oxygen atoms in total. The molecule has 1 aromatic carbocycles. The molecule has 0 bridgehead atoms. The first-order valence-corrected chi connectivity index (χ1v) is 5.93. The van der Waals surface area contributed by atoms with E-state index in [9.17, 15) is 15.0 Å². The fourth-order valence-electron chi connectivity index (χ4n) is 2.54. The molecule has 1 aromatic rings. The fourth-order valence-corrected chi connectivity index (χ4v) is 2.54. The van der Waals surface area contributed by atoms with Crippen molar-refractivity contribution in [1.29, 1.82) is 0 Å². The van der Waals surface area contributed by atoms with Crippen molar-refractivity contribution >= 4 is 5.97 Å². The second kappa shape index (κ2) is 4.35. The van der Waals surface area contributed by atoms with Gasteiger partial charge in [0.15, 0.2) is 6.10 Å². The molecule has 18 heavy (non-hydrogen) atoms. The van der Waals surface area contributed by atoms with Crippen molar-refractivity contribution in [2.24, 2.45) is 0 Å². The van der Waals surface area contributed by atoms with Gasteiger partial charge in [-0.15, -0.1) is 0 Å². The number of aliphatic hydroxyl groups is 2. The van der Waals surface area contributed by atoms with Gasteiger partial charge < -0.3 is 19.7 Å². The van der Waals surface area contributed by atoms with E-state index in [2.05, 4.69) is 0 Å². The minimum absolute atomic E-state index is 0.139. The van der Waals surface area contributed by atoms with Gasteiger partial charge in [0, 0.05) is 0 Å². The highest BCUT2D eigenvalue weighted by atomic mass is 16.6. The Labute approximate surface area is 104 Å². The zero-order valence-corrected chi connectivity index (χ0v) is 9.60. The summed E-state index contributed by atoms with van der Waals surface area (Å²) in [7, 11) is 0. The number of benzene rings is 1. The minimum Gasteiger partial charge on any atom is -0.457 e. The molecule has 2 N–H and O–H groups in total. The van der Waals surface area contributed by atoms with Crippen LogP contribution in [0.1, 0.15) is 18.1 Å². The first-order valence-electron chi connectivity index (χ1n) is 5.93. The summed E-state index contributed by atoms with van der Waals surface area (Å²) in [5.41, 5.74) is 0.674. The topological polar surface area (TPSA) is 76.0 Å².